The third kappa shape index (κ3) is 4.08. The molecule has 0 spiro atoms. The van der Waals surface area contributed by atoms with E-state index < -0.39 is 0 Å². The average Bonchev–Trinajstić information content (AvgIpc) is 3.29. The lowest BCUT2D eigenvalue weighted by Crippen LogP contribution is -2.10. The van der Waals surface area contributed by atoms with Gasteiger partial charge in [-0.1, -0.05) is 66.7 Å². The predicted octanol–water partition coefficient (Wildman–Crippen LogP) is 4.63. The highest BCUT2D eigenvalue weighted by Gasteiger charge is 2.13. The van der Waals surface area contributed by atoms with Crippen molar-refractivity contribution in [3.05, 3.63) is 102 Å². The van der Waals surface area contributed by atoms with E-state index >= 15 is 0 Å². The monoisotopic (exact) mass is 421 g/mol. The van der Waals surface area contributed by atoms with Crippen LogP contribution in [0.5, 0.6) is 0 Å². The van der Waals surface area contributed by atoms with Gasteiger partial charge in [-0.05, 0) is 29.7 Å². The van der Waals surface area contributed by atoms with Crippen LogP contribution in [0, 0.1) is 0 Å². The predicted molar refractivity (Wildman–Crippen MR) is 127 cm³/mol. The summed E-state index contributed by atoms with van der Waals surface area (Å²) in [4.78, 5) is 14.0. The molecule has 0 saturated carbocycles. The van der Waals surface area contributed by atoms with Crippen molar-refractivity contribution in [3.8, 4) is 17.1 Å². The summed E-state index contributed by atoms with van der Waals surface area (Å²) in [5, 5.41) is 13.2. The molecule has 3 aromatic carbocycles. The van der Waals surface area contributed by atoms with Gasteiger partial charge in [-0.15, -0.1) is 0 Å². The summed E-state index contributed by atoms with van der Waals surface area (Å²) in [6, 6.07) is 28.0. The molecular formula is C26H23N5O. The topological polar surface area (TPSA) is 75.9 Å². The fraction of sp³-hybridized carbons (Fsp3) is 0.115. The van der Waals surface area contributed by atoms with E-state index in [1.807, 2.05) is 77.4 Å². The van der Waals surface area contributed by atoms with Crippen LogP contribution in [0.2, 0.25) is 0 Å². The van der Waals surface area contributed by atoms with E-state index in [1.165, 1.54) is 5.56 Å². The molecular weight excluding hydrogens is 398 g/mol. The highest BCUT2D eigenvalue weighted by Crippen LogP contribution is 2.26. The van der Waals surface area contributed by atoms with E-state index in [-0.39, 0.29) is 6.61 Å². The number of rotatable bonds is 7. The van der Waals surface area contributed by atoms with Crippen LogP contribution in [-0.2, 0) is 13.0 Å². The fourth-order valence-electron chi connectivity index (χ4n) is 3.79. The Morgan fingerprint density at radius 1 is 0.844 bits per heavy atom. The minimum absolute atomic E-state index is 0.0553. The van der Waals surface area contributed by atoms with Crippen molar-refractivity contribution in [2.24, 2.45) is 0 Å². The maximum Gasteiger partial charge on any atom is 0.225 e. The highest BCUT2D eigenvalue weighted by atomic mass is 16.3. The van der Waals surface area contributed by atoms with Gasteiger partial charge in [0.15, 0.2) is 0 Å². The van der Waals surface area contributed by atoms with Crippen molar-refractivity contribution in [2.45, 2.75) is 13.0 Å². The molecule has 0 amide bonds. The molecule has 6 nitrogen and oxygen atoms in total. The van der Waals surface area contributed by atoms with Crippen LogP contribution < -0.4 is 5.32 Å². The second-order valence-electron chi connectivity index (χ2n) is 7.52. The van der Waals surface area contributed by atoms with Gasteiger partial charge in [0, 0.05) is 18.2 Å². The number of nitrogens with zero attached hydrogens (tertiary/aromatic N) is 4. The number of nitrogens with one attached hydrogen (secondary N) is 1. The van der Waals surface area contributed by atoms with E-state index in [0.29, 0.717) is 12.5 Å². The number of anilines is 1. The molecule has 0 aliphatic rings. The normalized spacial score (nSPS) is 11.0. The van der Waals surface area contributed by atoms with Crippen molar-refractivity contribution >= 4 is 17.0 Å². The molecule has 0 unspecified atom stereocenters. The molecule has 2 heterocycles. The molecule has 5 rings (SSSR count). The van der Waals surface area contributed by atoms with Crippen molar-refractivity contribution in [1.82, 2.24) is 19.5 Å². The van der Waals surface area contributed by atoms with Gasteiger partial charge < -0.3 is 10.4 Å². The number of aliphatic hydroxyl groups excluding tert-OH is 1. The maximum atomic E-state index is 9.84. The quantitative estimate of drug-likeness (QED) is 0.401. The third-order valence-corrected chi connectivity index (χ3v) is 5.42. The molecule has 0 radical (unpaired) electrons. The van der Waals surface area contributed by atoms with Crippen molar-refractivity contribution in [3.63, 3.8) is 0 Å². The van der Waals surface area contributed by atoms with E-state index in [9.17, 15) is 5.11 Å². The fourth-order valence-corrected chi connectivity index (χ4v) is 3.79. The van der Waals surface area contributed by atoms with Gasteiger partial charge in [0.25, 0.3) is 0 Å². The molecule has 6 heteroatoms. The van der Waals surface area contributed by atoms with Crippen LogP contribution in [0.3, 0.4) is 0 Å². The number of aromatic nitrogens is 4. The summed E-state index contributed by atoms with van der Waals surface area (Å²) >= 11 is 0. The van der Waals surface area contributed by atoms with Gasteiger partial charge in [-0.25, -0.2) is 9.97 Å². The molecule has 0 bridgehead atoms. The summed E-state index contributed by atoms with van der Waals surface area (Å²) in [6.45, 7) is 0.652. The Balaban J connectivity index is 1.54. The maximum absolute atomic E-state index is 9.84. The lowest BCUT2D eigenvalue weighted by molar-refractivity contribution is 0.282. The van der Waals surface area contributed by atoms with Crippen LogP contribution in [0.25, 0.3) is 28.1 Å². The number of hydrogen-bond acceptors (Lipinski definition) is 5. The second kappa shape index (κ2) is 8.99. The number of para-hydroxylation sites is 2. The van der Waals surface area contributed by atoms with Crippen molar-refractivity contribution in [1.29, 1.82) is 0 Å². The second-order valence-corrected chi connectivity index (χ2v) is 7.52. The molecule has 32 heavy (non-hydrogen) atoms. The molecule has 2 N–H and O–H groups in total. The number of imidazole rings is 1. The lowest BCUT2D eigenvalue weighted by atomic mass is 10.0. The van der Waals surface area contributed by atoms with Gasteiger partial charge in [-0.3, -0.25) is 4.57 Å². The highest BCUT2D eigenvalue weighted by molar-refractivity contribution is 5.77. The Hall–Kier alpha value is -4.03. The van der Waals surface area contributed by atoms with Crippen LogP contribution >= 0.6 is 0 Å². The Morgan fingerprint density at radius 2 is 1.62 bits per heavy atom. The van der Waals surface area contributed by atoms with Crippen LogP contribution in [-0.4, -0.2) is 31.2 Å². The first-order valence-corrected chi connectivity index (χ1v) is 10.6. The lowest BCUT2D eigenvalue weighted by Gasteiger charge is -2.13. The van der Waals surface area contributed by atoms with E-state index in [2.05, 4.69) is 22.4 Å². The zero-order valence-electron chi connectivity index (χ0n) is 17.5. The zero-order valence-corrected chi connectivity index (χ0v) is 17.5. The molecule has 0 aliphatic carbocycles. The van der Waals surface area contributed by atoms with E-state index in [0.717, 1.165) is 40.1 Å². The summed E-state index contributed by atoms with van der Waals surface area (Å²) in [5.74, 6) is 1.26. The Kier molecular flexibility index (Phi) is 5.59. The van der Waals surface area contributed by atoms with Crippen molar-refractivity contribution in [2.75, 3.05) is 11.9 Å². The minimum atomic E-state index is -0.0553. The largest absolute Gasteiger partial charge is 0.392 e. The number of hydrogen-bond donors (Lipinski definition) is 2. The molecule has 158 valence electrons. The van der Waals surface area contributed by atoms with Crippen molar-refractivity contribution < 1.29 is 5.11 Å². The van der Waals surface area contributed by atoms with Gasteiger partial charge >= 0.3 is 0 Å². The SMILES string of the molecule is OCc1ccccc1-c1cc(-n2cnc3ccccc32)nc(NCCc2ccccc2)n1. The molecule has 0 saturated heterocycles. The number of aliphatic hydroxyl groups is 1. The third-order valence-electron chi connectivity index (χ3n) is 5.42. The first kappa shape index (κ1) is 19.9. The summed E-state index contributed by atoms with van der Waals surface area (Å²) in [7, 11) is 0. The Bertz CT molecular complexity index is 1350. The minimum Gasteiger partial charge on any atom is -0.392 e. The average molecular weight is 422 g/mol. The Labute approximate surface area is 186 Å². The molecule has 5 aromatic rings. The summed E-state index contributed by atoms with van der Waals surface area (Å²) in [5.41, 5.74) is 5.59. The molecule has 0 aliphatic heterocycles. The van der Waals surface area contributed by atoms with Crippen LogP contribution in [0.1, 0.15) is 11.1 Å². The van der Waals surface area contributed by atoms with Gasteiger partial charge in [0.05, 0.1) is 23.3 Å². The van der Waals surface area contributed by atoms with E-state index in [4.69, 9.17) is 9.97 Å². The van der Waals surface area contributed by atoms with Crippen LogP contribution in [0.15, 0.2) is 91.3 Å². The number of fused-ring (bicyclic) bond motifs is 1. The van der Waals surface area contributed by atoms with Gasteiger partial charge in [0.1, 0.15) is 12.1 Å². The number of benzene rings is 3. The molecule has 2 aromatic heterocycles. The van der Waals surface area contributed by atoms with E-state index in [1.54, 1.807) is 6.33 Å². The standard InChI is InChI=1S/C26H23N5O/c32-17-20-10-4-5-11-21(20)23-16-25(31-18-28-22-12-6-7-13-24(22)31)30-26(29-23)27-15-14-19-8-2-1-3-9-19/h1-13,16,18,32H,14-15,17H2,(H,27,29,30). The van der Waals surface area contributed by atoms with Crippen LogP contribution in [0.4, 0.5) is 5.95 Å². The summed E-state index contributed by atoms with van der Waals surface area (Å²) in [6.07, 6.45) is 2.65. The summed E-state index contributed by atoms with van der Waals surface area (Å²) < 4.78 is 1.96. The smallest absolute Gasteiger partial charge is 0.225 e. The molecule has 0 atom stereocenters. The molecule has 0 fully saturated rings. The van der Waals surface area contributed by atoms with Gasteiger partial charge in [-0.2, -0.15) is 4.98 Å². The first-order chi connectivity index (χ1) is 15.8. The first-order valence-electron chi connectivity index (χ1n) is 10.6. The van der Waals surface area contributed by atoms with Gasteiger partial charge in [0.2, 0.25) is 5.95 Å². The Morgan fingerprint density at radius 3 is 2.50 bits per heavy atom. The zero-order chi connectivity index (χ0) is 21.8.